The van der Waals surface area contributed by atoms with Crippen molar-refractivity contribution in [2.24, 2.45) is 30.7 Å². The molecule has 0 bridgehead atoms. The maximum atomic E-state index is 13.2. The molecule has 0 spiro atoms. The van der Waals surface area contributed by atoms with E-state index in [2.05, 4.69) is 31.3 Å². The van der Waals surface area contributed by atoms with Gasteiger partial charge in [-0.25, -0.2) is 4.63 Å². The molecule has 264 valence electrons. The van der Waals surface area contributed by atoms with Gasteiger partial charge in [-0.05, 0) is 83.0 Å². The van der Waals surface area contributed by atoms with Gasteiger partial charge in [-0.2, -0.15) is 0 Å². The number of benzene rings is 2. The summed E-state index contributed by atoms with van der Waals surface area (Å²) in [5.41, 5.74) is 11.4. The van der Waals surface area contributed by atoms with Gasteiger partial charge in [0.1, 0.15) is 22.4 Å². The predicted molar refractivity (Wildman–Crippen MR) is 196 cm³/mol. The highest BCUT2D eigenvalue weighted by Crippen LogP contribution is 2.20. The second kappa shape index (κ2) is 16.1. The van der Waals surface area contributed by atoms with Crippen molar-refractivity contribution in [1.82, 2.24) is 24.8 Å². The third-order valence-electron chi connectivity index (χ3n) is 8.77. The first-order valence-electron chi connectivity index (χ1n) is 16.8. The smallest absolute Gasteiger partial charge is 0.272 e. The minimum absolute atomic E-state index is 0.288. The molecule has 0 atom stereocenters. The fourth-order valence-corrected chi connectivity index (χ4v) is 5.86. The molecule has 3 aromatic heterocycles. The molecule has 14 heteroatoms. The maximum Gasteiger partial charge on any atom is 0.272 e. The minimum Gasteiger partial charge on any atom is -0.387 e. The number of nitrogens with two attached hydrogens (primary N) is 1. The van der Waals surface area contributed by atoms with Gasteiger partial charge < -0.3 is 35.6 Å². The summed E-state index contributed by atoms with van der Waals surface area (Å²) >= 11 is 0. The van der Waals surface area contributed by atoms with Crippen molar-refractivity contribution in [2.75, 3.05) is 36.9 Å². The van der Waals surface area contributed by atoms with Gasteiger partial charge in [0.15, 0.2) is 0 Å². The number of amides is 3. The SMILES string of the molecule is Cn1cc(NC(=O)c2cc(NC(=O)c3ccc(C=Cc4ccc5nonc5c4)cc3)cn2C)cc1C(=O)NCCC(N)=NCCC1CCOCC1. The lowest BCUT2D eigenvalue weighted by Crippen LogP contribution is -2.29. The second-order valence-corrected chi connectivity index (χ2v) is 12.5. The molecule has 0 saturated carbocycles. The van der Waals surface area contributed by atoms with Gasteiger partial charge in [-0.3, -0.25) is 19.4 Å². The summed E-state index contributed by atoms with van der Waals surface area (Å²) < 4.78 is 13.4. The third kappa shape index (κ3) is 9.16. The van der Waals surface area contributed by atoms with Crippen LogP contribution < -0.4 is 21.7 Å². The van der Waals surface area contributed by atoms with E-state index in [9.17, 15) is 14.4 Å². The fourth-order valence-electron chi connectivity index (χ4n) is 5.86. The van der Waals surface area contributed by atoms with E-state index in [1.54, 1.807) is 59.9 Å². The zero-order valence-corrected chi connectivity index (χ0v) is 28.6. The van der Waals surface area contributed by atoms with Crippen LogP contribution in [0.1, 0.15) is 68.1 Å². The van der Waals surface area contributed by atoms with E-state index in [0.717, 1.165) is 43.6 Å². The van der Waals surface area contributed by atoms with Crippen molar-refractivity contribution in [3.05, 3.63) is 95.1 Å². The van der Waals surface area contributed by atoms with Crippen molar-refractivity contribution in [3.63, 3.8) is 0 Å². The summed E-state index contributed by atoms with van der Waals surface area (Å²) in [5.74, 6) is 0.148. The molecule has 0 unspecified atom stereocenters. The fraction of sp³-hybridized carbons (Fsp3) is 0.297. The Hall–Kier alpha value is -6.02. The first-order valence-corrected chi connectivity index (χ1v) is 16.8. The quantitative estimate of drug-likeness (QED) is 0.0766. The number of aliphatic imine (C=N–C) groups is 1. The van der Waals surface area contributed by atoms with Crippen molar-refractivity contribution in [3.8, 4) is 0 Å². The molecule has 1 aliphatic rings. The van der Waals surface area contributed by atoms with Crippen molar-refractivity contribution >= 4 is 58.1 Å². The molecule has 5 N–H and O–H groups in total. The normalized spacial score (nSPS) is 13.9. The zero-order valence-electron chi connectivity index (χ0n) is 28.6. The van der Waals surface area contributed by atoms with Gasteiger partial charge in [-0.1, -0.05) is 30.4 Å². The number of carbonyl (C=O) groups is 3. The van der Waals surface area contributed by atoms with Crippen molar-refractivity contribution < 1.29 is 23.7 Å². The van der Waals surface area contributed by atoms with E-state index in [4.69, 9.17) is 15.1 Å². The number of aryl methyl sites for hydroxylation is 2. The molecule has 6 rings (SSSR count). The Bertz CT molecular complexity index is 2070. The molecule has 5 aromatic rings. The number of hydrogen-bond acceptors (Lipinski definition) is 8. The van der Waals surface area contributed by atoms with Gasteiger partial charge in [0.25, 0.3) is 17.7 Å². The summed E-state index contributed by atoms with van der Waals surface area (Å²) in [7, 11) is 3.44. The van der Waals surface area contributed by atoms with Gasteiger partial charge in [0, 0.05) is 64.8 Å². The number of nitrogens with one attached hydrogen (secondary N) is 3. The monoisotopic (exact) mass is 691 g/mol. The first-order chi connectivity index (χ1) is 24.7. The summed E-state index contributed by atoms with van der Waals surface area (Å²) in [5, 5.41) is 16.2. The third-order valence-corrected chi connectivity index (χ3v) is 8.77. The Morgan fingerprint density at radius 3 is 2.20 bits per heavy atom. The number of carbonyl (C=O) groups excluding carboxylic acids is 3. The van der Waals surface area contributed by atoms with E-state index >= 15 is 0 Å². The predicted octanol–water partition coefficient (Wildman–Crippen LogP) is 4.87. The average molecular weight is 692 g/mol. The molecule has 1 aliphatic heterocycles. The number of amidine groups is 1. The highest BCUT2D eigenvalue weighted by molar-refractivity contribution is 6.07. The van der Waals surface area contributed by atoms with Crippen LogP contribution in [0.2, 0.25) is 0 Å². The van der Waals surface area contributed by atoms with Crippen LogP contribution in [0.3, 0.4) is 0 Å². The topological polar surface area (TPSA) is 184 Å². The lowest BCUT2D eigenvalue weighted by Gasteiger charge is -2.20. The Balaban J connectivity index is 0.975. The van der Waals surface area contributed by atoms with E-state index in [1.807, 2.05) is 42.5 Å². The summed E-state index contributed by atoms with van der Waals surface area (Å²) in [6, 6.07) is 16.0. The first kappa shape index (κ1) is 34.8. The molecule has 4 heterocycles. The number of anilines is 2. The van der Waals surface area contributed by atoms with Crippen molar-refractivity contribution in [1.29, 1.82) is 0 Å². The van der Waals surface area contributed by atoms with Gasteiger partial charge in [0.05, 0.1) is 17.2 Å². The number of ether oxygens (including phenoxy) is 1. The molecule has 1 saturated heterocycles. The van der Waals surface area contributed by atoms with Crippen LogP contribution in [0.25, 0.3) is 23.2 Å². The maximum absolute atomic E-state index is 13.2. The molecular formula is C37H41N9O5. The number of nitrogens with zero attached hydrogens (tertiary/aromatic N) is 5. The van der Waals surface area contributed by atoms with E-state index < -0.39 is 5.91 Å². The number of aromatic nitrogens is 4. The highest BCUT2D eigenvalue weighted by Gasteiger charge is 2.18. The average Bonchev–Trinajstić information content (AvgIpc) is 3.85. The molecule has 0 radical (unpaired) electrons. The second-order valence-electron chi connectivity index (χ2n) is 12.5. The van der Waals surface area contributed by atoms with Crippen LogP contribution in [0.5, 0.6) is 0 Å². The lowest BCUT2D eigenvalue weighted by atomic mass is 9.97. The Morgan fingerprint density at radius 1 is 0.843 bits per heavy atom. The molecule has 14 nitrogen and oxygen atoms in total. The summed E-state index contributed by atoms with van der Waals surface area (Å²) in [6.07, 6.45) is 10.8. The van der Waals surface area contributed by atoms with Crippen molar-refractivity contribution in [2.45, 2.75) is 25.7 Å². The molecule has 1 fully saturated rings. The molecule has 2 aromatic carbocycles. The van der Waals surface area contributed by atoms with Gasteiger partial charge in [-0.15, -0.1) is 0 Å². The molecule has 51 heavy (non-hydrogen) atoms. The minimum atomic E-state index is -0.393. The van der Waals surface area contributed by atoms with E-state index in [1.165, 1.54) is 0 Å². The zero-order chi connectivity index (χ0) is 35.7. The van der Waals surface area contributed by atoms with Gasteiger partial charge >= 0.3 is 0 Å². The Kier molecular flexibility index (Phi) is 11.0. The number of rotatable bonds is 13. The van der Waals surface area contributed by atoms with Crippen LogP contribution in [-0.2, 0) is 18.8 Å². The highest BCUT2D eigenvalue weighted by atomic mass is 16.6. The standard InChI is InChI=1S/C37H41N9O5/c1-45-23-29(20-32(45)36(48)40-16-12-34(38)39-15-11-25-13-17-50-18-14-25)42-37(49)33-21-28(22-46(33)2)41-35(47)27-8-5-24(6-9-27)3-4-26-7-10-30-31(19-26)44-51-43-30/h3-10,19-23,25H,11-18H2,1-2H3,(H2,38,39)(H,40,48)(H,41,47)(H,42,49). The van der Waals surface area contributed by atoms with Crippen LogP contribution in [0.15, 0.2) is 76.6 Å². The lowest BCUT2D eigenvalue weighted by molar-refractivity contribution is 0.0647. The van der Waals surface area contributed by atoms with Crippen LogP contribution in [0.4, 0.5) is 11.4 Å². The molecular weight excluding hydrogens is 650 g/mol. The largest absolute Gasteiger partial charge is 0.387 e. The number of fused-ring (bicyclic) bond motifs is 1. The van der Waals surface area contributed by atoms with Crippen LogP contribution >= 0.6 is 0 Å². The Morgan fingerprint density at radius 2 is 1.47 bits per heavy atom. The molecule has 3 amide bonds. The Labute approximate surface area is 294 Å². The summed E-state index contributed by atoms with van der Waals surface area (Å²) in [4.78, 5) is 43.5. The van der Waals surface area contributed by atoms with Crippen LogP contribution in [0, 0.1) is 5.92 Å². The van der Waals surface area contributed by atoms with Gasteiger partial charge in [0.2, 0.25) is 0 Å². The van der Waals surface area contributed by atoms with E-state index in [-0.39, 0.29) is 11.8 Å². The summed E-state index contributed by atoms with van der Waals surface area (Å²) in [6.45, 7) is 2.65. The number of hydrogen-bond donors (Lipinski definition) is 4. The van der Waals surface area contributed by atoms with E-state index in [0.29, 0.717) is 70.6 Å². The van der Waals surface area contributed by atoms with Crippen LogP contribution in [-0.4, -0.2) is 69.3 Å². The molecule has 0 aliphatic carbocycles.